The van der Waals surface area contributed by atoms with Crippen LogP contribution in [-0.2, 0) is 24.0 Å². The van der Waals surface area contributed by atoms with Gasteiger partial charge in [-0.3, -0.25) is 0 Å². The molecule has 0 aliphatic heterocycles. The lowest BCUT2D eigenvalue weighted by molar-refractivity contribution is 0.0526. The summed E-state index contributed by atoms with van der Waals surface area (Å²) in [5, 5.41) is 7.96. The van der Waals surface area contributed by atoms with Crippen molar-refractivity contribution < 1.29 is 9.53 Å². The number of hydrogen-bond acceptors (Lipinski definition) is 4. The summed E-state index contributed by atoms with van der Waals surface area (Å²) in [6, 6.07) is 8.74. The number of anilines is 1. The fraction of sp³-hybridized carbons (Fsp3) is 0.478. The van der Waals surface area contributed by atoms with Gasteiger partial charge in [-0.1, -0.05) is 37.6 Å². The molecule has 0 radical (unpaired) electrons. The number of thiophene rings is 1. The fourth-order valence-electron chi connectivity index (χ4n) is 3.75. The molecule has 2 aromatic rings. The van der Waals surface area contributed by atoms with Gasteiger partial charge in [-0.15, -0.1) is 11.3 Å². The summed E-state index contributed by atoms with van der Waals surface area (Å²) < 4.78 is 5.32. The fourth-order valence-corrected chi connectivity index (χ4v) is 5.38. The van der Waals surface area contributed by atoms with E-state index in [0.717, 1.165) is 42.7 Å². The summed E-state index contributed by atoms with van der Waals surface area (Å²) in [5.74, 6) is -0.253. The van der Waals surface area contributed by atoms with E-state index in [0.29, 0.717) is 17.3 Å². The Balaban J connectivity index is 1.71. The Morgan fingerprint density at radius 2 is 1.93 bits per heavy atom. The summed E-state index contributed by atoms with van der Waals surface area (Å²) >= 11 is 7.20. The van der Waals surface area contributed by atoms with Crippen LogP contribution in [0.5, 0.6) is 0 Å². The normalized spacial score (nSPS) is 14.0. The standard InChI is InChI=1S/C23H30N2O2S2/c1-4-8-16-11-13-17(14-12-16)15(3)24-23(28)25-21-20(22(26)27-5-2)18-9-6-7-10-19(18)29-21/h11-15H,4-10H2,1-3H3,(H2,24,25,28). The zero-order valence-electron chi connectivity index (χ0n) is 17.5. The average Bonchev–Trinajstić information content (AvgIpc) is 3.06. The van der Waals surface area contributed by atoms with Gasteiger partial charge >= 0.3 is 5.97 Å². The van der Waals surface area contributed by atoms with Crippen molar-refractivity contribution in [3.63, 3.8) is 0 Å². The van der Waals surface area contributed by atoms with E-state index in [2.05, 4.69) is 48.7 Å². The molecule has 0 bridgehead atoms. The van der Waals surface area contributed by atoms with Gasteiger partial charge in [0.25, 0.3) is 0 Å². The van der Waals surface area contributed by atoms with Crippen LogP contribution in [0.25, 0.3) is 0 Å². The molecule has 0 fully saturated rings. The van der Waals surface area contributed by atoms with Gasteiger partial charge in [-0.25, -0.2) is 4.79 Å². The molecule has 156 valence electrons. The molecule has 0 spiro atoms. The van der Waals surface area contributed by atoms with Crippen LogP contribution in [0.3, 0.4) is 0 Å². The average molecular weight is 431 g/mol. The Kier molecular flexibility index (Phi) is 7.67. The molecule has 0 amide bonds. The third kappa shape index (κ3) is 5.37. The zero-order chi connectivity index (χ0) is 20.8. The first kappa shape index (κ1) is 21.8. The Morgan fingerprint density at radius 3 is 2.62 bits per heavy atom. The molecule has 4 nitrogen and oxygen atoms in total. The van der Waals surface area contributed by atoms with E-state index in [1.165, 1.54) is 22.4 Å². The molecule has 3 rings (SSSR count). The predicted molar refractivity (Wildman–Crippen MR) is 125 cm³/mol. The maximum Gasteiger partial charge on any atom is 0.341 e. The molecule has 1 aromatic heterocycles. The Labute approximate surface area is 183 Å². The van der Waals surface area contributed by atoms with Crippen molar-refractivity contribution in [3.05, 3.63) is 51.4 Å². The molecule has 29 heavy (non-hydrogen) atoms. The van der Waals surface area contributed by atoms with Gasteiger partial charge in [-0.05, 0) is 74.9 Å². The summed E-state index contributed by atoms with van der Waals surface area (Å²) in [6.07, 6.45) is 6.49. The summed E-state index contributed by atoms with van der Waals surface area (Å²) in [5.41, 5.74) is 4.36. The molecular formula is C23H30N2O2S2. The van der Waals surface area contributed by atoms with Crippen LogP contribution in [0.15, 0.2) is 24.3 Å². The Morgan fingerprint density at radius 1 is 1.21 bits per heavy atom. The summed E-state index contributed by atoms with van der Waals surface area (Å²) in [4.78, 5) is 13.9. The van der Waals surface area contributed by atoms with Crippen molar-refractivity contribution in [1.82, 2.24) is 5.32 Å². The predicted octanol–water partition coefficient (Wildman–Crippen LogP) is 5.80. The van der Waals surface area contributed by atoms with E-state index in [9.17, 15) is 4.79 Å². The van der Waals surface area contributed by atoms with Crippen molar-refractivity contribution in [2.75, 3.05) is 11.9 Å². The third-order valence-corrected chi connectivity index (χ3v) is 6.67. The minimum absolute atomic E-state index is 0.0753. The lowest BCUT2D eigenvalue weighted by atomic mass is 9.95. The number of esters is 1. The highest BCUT2D eigenvalue weighted by atomic mass is 32.1. The number of ether oxygens (including phenoxy) is 1. The number of rotatable bonds is 7. The highest BCUT2D eigenvalue weighted by Crippen LogP contribution is 2.38. The van der Waals surface area contributed by atoms with Crippen LogP contribution >= 0.6 is 23.6 Å². The number of aryl methyl sites for hydroxylation is 2. The Hall–Kier alpha value is -1.92. The van der Waals surface area contributed by atoms with E-state index >= 15 is 0 Å². The second kappa shape index (κ2) is 10.2. The largest absolute Gasteiger partial charge is 0.462 e. The van der Waals surface area contributed by atoms with Crippen LogP contribution in [0.2, 0.25) is 0 Å². The van der Waals surface area contributed by atoms with Gasteiger partial charge < -0.3 is 15.4 Å². The molecule has 1 aliphatic carbocycles. The number of nitrogens with one attached hydrogen (secondary N) is 2. The van der Waals surface area contributed by atoms with Gasteiger partial charge in [0.1, 0.15) is 5.00 Å². The van der Waals surface area contributed by atoms with Crippen LogP contribution in [0.4, 0.5) is 5.00 Å². The zero-order valence-corrected chi connectivity index (χ0v) is 19.1. The number of hydrogen-bond donors (Lipinski definition) is 2. The first-order chi connectivity index (χ1) is 14.0. The van der Waals surface area contributed by atoms with Crippen molar-refractivity contribution in [3.8, 4) is 0 Å². The number of carbonyl (C=O) groups excluding carboxylic acids is 1. The lowest BCUT2D eigenvalue weighted by Gasteiger charge is -2.18. The first-order valence-electron chi connectivity index (χ1n) is 10.5. The van der Waals surface area contributed by atoms with E-state index in [-0.39, 0.29) is 12.0 Å². The van der Waals surface area contributed by atoms with Crippen LogP contribution in [-0.4, -0.2) is 17.7 Å². The monoisotopic (exact) mass is 430 g/mol. The van der Waals surface area contributed by atoms with Crippen LogP contribution < -0.4 is 10.6 Å². The van der Waals surface area contributed by atoms with Gasteiger partial charge in [0, 0.05) is 4.88 Å². The number of fused-ring (bicyclic) bond motifs is 1. The maximum absolute atomic E-state index is 12.6. The third-order valence-electron chi connectivity index (χ3n) is 5.24. The van der Waals surface area contributed by atoms with E-state index in [1.807, 2.05) is 6.92 Å². The van der Waals surface area contributed by atoms with Crippen molar-refractivity contribution in [2.24, 2.45) is 0 Å². The quantitative estimate of drug-likeness (QED) is 0.429. The highest BCUT2D eigenvalue weighted by Gasteiger charge is 2.26. The van der Waals surface area contributed by atoms with Gasteiger partial charge in [0.05, 0.1) is 18.2 Å². The molecule has 1 heterocycles. The topological polar surface area (TPSA) is 50.4 Å². The smallest absolute Gasteiger partial charge is 0.341 e. The van der Waals surface area contributed by atoms with Crippen LogP contribution in [0.1, 0.15) is 78.0 Å². The number of thiocarbonyl (C=S) groups is 1. The van der Waals surface area contributed by atoms with Gasteiger partial charge in [0.2, 0.25) is 0 Å². The van der Waals surface area contributed by atoms with Crippen molar-refractivity contribution in [1.29, 1.82) is 0 Å². The van der Waals surface area contributed by atoms with Gasteiger partial charge in [-0.2, -0.15) is 0 Å². The molecule has 6 heteroatoms. The molecular weight excluding hydrogens is 400 g/mol. The minimum atomic E-state index is -0.253. The van der Waals surface area contributed by atoms with Crippen molar-refractivity contribution in [2.45, 2.75) is 65.3 Å². The molecule has 1 aliphatic rings. The van der Waals surface area contributed by atoms with E-state index < -0.39 is 0 Å². The molecule has 1 unspecified atom stereocenters. The SMILES string of the molecule is CCCc1ccc(C(C)NC(=S)Nc2sc3c(c2C(=O)OCC)CCCC3)cc1. The highest BCUT2D eigenvalue weighted by molar-refractivity contribution is 7.80. The first-order valence-corrected chi connectivity index (χ1v) is 11.7. The van der Waals surface area contributed by atoms with E-state index in [4.69, 9.17) is 17.0 Å². The molecule has 0 saturated heterocycles. The second-order valence-electron chi connectivity index (χ2n) is 7.45. The summed E-state index contributed by atoms with van der Waals surface area (Å²) in [6.45, 7) is 6.49. The van der Waals surface area contributed by atoms with Crippen molar-refractivity contribution >= 4 is 39.6 Å². The molecule has 1 aromatic carbocycles. The van der Waals surface area contributed by atoms with Crippen LogP contribution in [0, 0.1) is 0 Å². The maximum atomic E-state index is 12.6. The van der Waals surface area contributed by atoms with Gasteiger partial charge in [0.15, 0.2) is 5.11 Å². The number of carbonyl (C=O) groups is 1. The Bertz CT molecular complexity index is 859. The minimum Gasteiger partial charge on any atom is -0.462 e. The number of benzene rings is 1. The summed E-state index contributed by atoms with van der Waals surface area (Å²) in [7, 11) is 0. The molecule has 1 atom stereocenters. The molecule has 0 saturated carbocycles. The second-order valence-corrected chi connectivity index (χ2v) is 8.96. The lowest BCUT2D eigenvalue weighted by Crippen LogP contribution is -2.31. The molecule has 2 N–H and O–H groups in total. The van der Waals surface area contributed by atoms with E-state index in [1.54, 1.807) is 11.3 Å².